The Morgan fingerprint density at radius 2 is 2.04 bits per heavy atom. The lowest BCUT2D eigenvalue weighted by Gasteiger charge is -2.05. The highest BCUT2D eigenvalue weighted by atomic mass is 32.1. The van der Waals surface area contributed by atoms with Crippen molar-refractivity contribution in [1.29, 1.82) is 0 Å². The molecule has 0 saturated heterocycles. The van der Waals surface area contributed by atoms with Gasteiger partial charge in [-0.3, -0.25) is 0 Å². The van der Waals surface area contributed by atoms with Gasteiger partial charge in [-0.05, 0) is 36.1 Å². The van der Waals surface area contributed by atoms with Crippen LogP contribution in [0, 0.1) is 17.0 Å². The van der Waals surface area contributed by atoms with E-state index in [4.69, 9.17) is 14.0 Å². The summed E-state index contributed by atoms with van der Waals surface area (Å²) in [7, 11) is 0. The average molecular weight is 373 g/mol. The van der Waals surface area contributed by atoms with E-state index in [2.05, 4.69) is 15.1 Å². The minimum atomic E-state index is -0.522. The lowest BCUT2D eigenvalue weighted by molar-refractivity contribution is -0.391. The van der Waals surface area contributed by atoms with E-state index in [1.807, 2.05) is 0 Å². The first-order valence-corrected chi connectivity index (χ1v) is 8.28. The van der Waals surface area contributed by atoms with Crippen LogP contribution in [-0.2, 0) is 6.61 Å². The minimum absolute atomic E-state index is 0.0585. The van der Waals surface area contributed by atoms with Gasteiger partial charge in [0, 0.05) is 5.38 Å². The Morgan fingerprint density at radius 1 is 1.27 bits per heavy atom. The fraction of sp³-hybridized carbons (Fsp3) is 0.133. The molecule has 0 aliphatic carbocycles. The van der Waals surface area contributed by atoms with Crippen LogP contribution in [0.4, 0.5) is 5.82 Å². The van der Waals surface area contributed by atoms with Crippen LogP contribution < -0.4 is 9.47 Å². The maximum Gasteiger partial charge on any atom is 0.393 e. The summed E-state index contributed by atoms with van der Waals surface area (Å²) in [6.07, 6.45) is 1.58. The van der Waals surface area contributed by atoms with Gasteiger partial charge >= 0.3 is 11.7 Å². The molecular weight excluding hydrogens is 362 g/mol. The van der Waals surface area contributed by atoms with E-state index >= 15 is 0 Å². The summed E-state index contributed by atoms with van der Waals surface area (Å²) in [5, 5.41) is 16.7. The number of nitrogens with zero attached hydrogens (tertiary/aromatic N) is 5. The highest BCUT2D eigenvalue weighted by Crippen LogP contribution is 2.33. The summed E-state index contributed by atoms with van der Waals surface area (Å²) in [5.74, 6) is 1.60. The molecule has 0 N–H and O–H groups in total. The van der Waals surface area contributed by atoms with E-state index in [0.29, 0.717) is 28.2 Å². The maximum absolute atomic E-state index is 11.3. The summed E-state index contributed by atoms with van der Waals surface area (Å²) in [5.41, 5.74) is 0. The fourth-order valence-electron chi connectivity index (χ4n) is 2.25. The smallest absolute Gasteiger partial charge is 0.393 e. The topological polar surface area (TPSA) is 118 Å². The number of nitro groups is 1. The van der Waals surface area contributed by atoms with Crippen molar-refractivity contribution in [2.75, 3.05) is 0 Å². The van der Waals surface area contributed by atoms with Gasteiger partial charge in [-0.1, -0.05) is 16.5 Å². The van der Waals surface area contributed by atoms with Gasteiger partial charge in [-0.25, -0.2) is 0 Å². The molecule has 4 rings (SSSR count). The third-order valence-corrected chi connectivity index (χ3v) is 4.11. The molecule has 10 nitrogen and oxygen atoms in total. The number of hydrogen-bond acceptors (Lipinski definition) is 9. The molecule has 132 valence electrons. The standard InChI is InChI=1S/C15H11N5O5S/c1-9-16-12(25-18-9)8-23-10-2-4-11(5-3-10)24-13-14(20(21)22)19-6-7-26-15(19)17-13/h2-7H,8H2,1H3. The van der Waals surface area contributed by atoms with E-state index < -0.39 is 4.92 Å². The summed E-state index contributed by atoms with van der Waals surface area (Å²) in [4.78, 5) is 19.4. The van der Waals surface area contributed by atoms with E-state index in [1.165, 1.54) is 15.7 Å². The van der Waals surface area contributed by atoms with E-state index in [0.717, 1.165) is 0 Å². The predicted octanol–water partition coefficient (Wildman–Crippen LogP) is 3.37. The summed E-state index contributed by atoms with van der Waals surface area (Å²) in [6, 6.07) is 6.60. The zero-order valence-electron chi connectivity index (χ0n) is 13.4. The van der Waals surface area contributed by atoms with E-state index in [9.17, 15) is 10.1 Å². The molecule has 4 aromatic rings. The van der Waals surface area contributed by atoms with Crippen molar-refractivity contribution >= 4 is 22.1 Å². The van der Waals surface area contributed by atoms with Crippen molar-refractivity contribution in [1.82, 2.24) is 19.5 Å². The zero-order chi connectivity index (χ0) is 18.1. The van der Waals surface area contributed by atoms with Gasteiger partial charge in [0.05, 0.1) is 0 Å². The second-order valence-corrected chi connectivity index (χ2v) is 6.02. The molecule has 0 aliphatic heterocycles. The highest BCUT2D eigenvalue weighted by molar-refractivity contribution is 7.15. The molecule has 11 heteroatoms. The molecule has 0 unspecified atom stereocenters. The molecule has 0 atom stereocenters. The van der Waals surface area contributed by atoms with Gasteiger partial charge in [0.2, 0.25) is 0 Å². The number of benzene rings is 1. The van der Waals surface area contributed by atoms with Crippen molar-refractivity contribution < 1.29 is 18.9 Å². The number of fused-ring (bicyclic) bond motifs is 1. The number of aryl methyl sites for hydroxylation is 1. The summed E-state index contributed by atoms with van der Waals surface area (Å²) < 4.78 is 17.4. The number of rotatable bonds is 6. The molecule has 26 heavy (non-hydrogen) atoms. The molecule has 3 aromatic heterocycles. The van der Waals surface area contributed by atoms with Crippen LogP contribution in [0.1, 0.15) is 11.7 Å². The Bertz CT molecular complexity index is 1070. The summed E-state index contributed by atoms with van der Waals surface area (Å²) in [6.45, 7) is 1.86. The third kappa shape index (κ3) is 3.07. The second-order valence-electron chi connectivity index (χ2n) is 5.15. The lowest BCUT2D eigenvalue weighted by atomic mass is 10.3. The van der Waals surface area contributed by atoms with Crippen LogP contribution in [0.5, 0.6) is 17.4 Å². The minimum Gasteiger partial charge on any atom is -0.484 e. The summed E-state index contributed by atoms with van der Waals surface area (Å²) >= 11 is 1.29. The number of ether oxygens (including phenoxy) is 2. The van der Waals surface area contributed by atoms with Crippen LogP contribution in [-0.4, -0.2) is 24.4 Å². The lowest BCUT2D eigenvalue weighted by Crippen LogP contribution is -1.96. The maximum atomic E-state index is 11.3. The fourth-order valence-corrected chi connectivity index (χ4v) is 2.95. The van der Waals surface area contributed by atoms with E-state index in [-0.39, 0.29) is 18.3 Å². The van der Waals surface area contributed by atoms with Crippen molar-refractivity contribution in [3.63, 3.8) is 0 Å². The number of thiazole rings is 1. The van der Waals surface area contributed by atoms with Gasteiger partial charge in [0.25, 0.3) is 10.9 Å². The third-order valence-electron chi connectivity index (χ3n) is 3.35. The molecule has 0 fully saturated rings. The van der Waals surface area contributed by atoms with Gasteiger partial charge in [-0.2, -0.15) is 14.4 Å². The Labute approximate surface area is 149 Å². The number of hydrogen-bond donors (Lipinski definition) is 0. The first kappa shape index (κ1) is 16.0. The van der Waals surface area contributed by atoms with Gasteiger partial charge in [0.1, 0.15) is 17.7 Å². The molecule has 3 heterocycles. The Kier molecular flexibility index (Phi) is 3.97. The normalized spacial score (nSPS) is 11.0. The highest BCUT2D eigenvalue weighted by Gasteiger charge is 2.25. The Hall–Kier alpha value is -3.47. The second kappa shape index (κ2) is 6.44. The molecule has 0 saturated carbocycles. The Morgan fingerprint density at radius 3 is 2.73 bits per heavy atom. The van der Waals surface area contributed by atoms with Gasteiger partial charge < -0.3 is 24.1 Å². The zero-order valence-corrected chi connectivity index (χ0v) is 14.2. The van der Waals surface area contributed by atoms with Gasteiger partial charge in [0.15, 0.2) is 12.4 Å². The van der Waals surface area contributed by atoms with Crippen molar-refractivity contribution in [3.05, 3.63) is 57.7 Å². The quantitative estimate of drug-likeness (QED) is 0.373. The molecule has 0 amide bonds. The molecular formula is C15H11N5O5S. The van der Waals surface area contributed by atoms with Gasteiger partial charge in [-0.15, -0.1) is 0 Å². The average Bonchev–Trinajstić information content (AvgIpc) is 3.30. The molecule has 1 aromatic carbocycles. The first-order valence-electron chi connectivity index (χ1n) is 7.40. The van der Waals surface area contributed by atoms with Crippen molar-refractivity contribution in [2.24, 2.45) is 0 Å². The SMILES string of the molecule is Cc1noc(COc2ccc(Oc3nc4sccn4c3[N+](=O)[O-])cc2)n1. The van der Waals surface area contributed by atoms with Crippen LogP contribution in [0.3, 0.4) is 0 Å². The monoisotopic (exact) mass is 373 g/mol. The van der Waals surface area contributed by atoms with E-state index in [1.54, 1.807) is 42.8 Å². The van der Waals surface area contributed by atoms with Crippen LogP contribution in [0.25, 0.3) is 4.96 Å². The van der Waals surface area contributed by atoms with Crippen LogP contribution in [0.15, 0.2) is 40.4 Å². The van der Waals surface area contributed by atoms with Crippen molar-refractivity contribution in [3.8, 4) is 17.4 Å². The predicted molar refractivity (Wildman–Crippen MR) is 89.6 cm³/mol. The van der Waals surface area contributed by atoms with Crippen LogP contribution in [0.2, 0.25) is 0 Å². The molecule has 0 spiro atoms. The number of aromatic nitrogens is 4. The largest absolute Gasteiger partial charge is 0.484 e. The molecule has 0 bridgehead atoms. The first-order chi connectivity index (χ1) is 12.6. The van der Waals surface area contributed by atoms with Crippen LogP contribution >= 0.6 is 11.3 Å². The van der Waals surface area contributed by atoms with Crippen molar-refractivity contribution in [2.45, 2.75) is 13.5 Å². The molecule has 0 aliphatic rings. The molecule has 0 radical (unpaired) electrons. The Balaban J connectivity index is 1.48. The number of imidazole rings is 1.